The van der Waals surface area contributed by atoms with Crippen molar-refractivity contribution in [3.63, 3.8) is 0 Å². The van der Waals surface area contributed by atoms with E-state index < -0.39 is 23.8 Å². The molecule has 1 heterocycles. The molecule has 1 aliphatic heterocycles. The van der Waals surface area contributed by atoms with Crippen LogP contribution in [0.3, 0.4) is 0 Å². The molecule has 0 aromatic heterocycles. The fourth-order valence-corrected chi connectivity index (χ4v) is 1.84. The maximum Gasteiger partial charge on any atom is 0.386 e. The number of carboxylic acid groups (broad SMARTS) is 1. The maximum atomic E-state index is 11.9. The van der Waals surface area contributed by atoms with Gasteiger partial charge in [0.2, 0.25) is 0 Å². The number of hydrogen-bond donors (Lipinski definition) is 2. The second-order valence-corrected chi connectivity index (χ2v) is 5.27. The SMILES string of the molecule is CC(C)CC1(OC(C(=O)O)C(C)C)N=CNOC1=O. The van der Waals surface area contributed by atoms with Crippen molar-refractivity contribution in [3.05, 3.63) is 0 Å². The summed E-state index contributed by atoms with van der Waals surface area (Å²) < 4.78 is 5.51. The zero-order valence-electron chi connectivity index (χ0n) is 11.5. The van der Waals surface area contributed by atoms with Crippen molar-refractivity contribution in [2.24, 2.45) is 16.8 Å². The molecule has 1 aliphatic rings. The first kappa shape index (κ1) is 15.4. The summed E-state index contributed by atoms with van der Waals surface area (Å²) in [6.07, 6.45) is 0.324. The van der Waals surface area contributed by atoms with Crippen molar-refractivity contribution >= 4 is 18.3 Å². The highest BCUT2D eigenvalue weighted by Gasteiger charge is 2.47. The van der Waals surface area contributed by atoms with E-state index in [9.17, 15) is 9.59 Å². The molecule has 0 saturated carbocycles. The van der Waals surface area contributed by atoms with Gasteiger partial charge in [0.25, 0.3) is 5.72 Å². The molecule has 0 aliphatic carbocycles. The van der Waals surface area contributed by atoms with E-state index in [2.05, 4.69) is 10.5 Å². The highest BCUT2D eigenvalue weighted by molar-refractivity contribution is 5.84. The number of nitrogens with one attached hydrogen (secondary N) is 1. The Morgan fingerprint density at radius 2 is 2.16 bits per heavy atom. The van der Waals surface area contributed by atoms with Gasteiger partial charge in [-0.15, -0.1) is 0 Å². The summed E-state index contributed by atoms with van der Waals surface area (Å²) in [4.78, 5) is 31.8. The standard InChI is InChI=1S/C12H20N2O5/c1-7(2)5-12(11(17)19-14-6-13-12)18-9(8(3)4)10(15)16/h6-9H,5H2,1-4H3,(H,13,14)(H,15,16). The summed E-state index contributed by atoms with van der Waals surface area (Å²) in [7, 11) is 0. The molecule has 0 amide bonds. The van der Waals surface area contributed by atoms with Crippen molar-refractivity contribution in [1.82, 2.24) is 5.48 Å². The van der Waals surface area contributed by atoms with Crippen LogP contribution in [-0.4, -0.2) is 35.2 Å². The van der Waals surface area contributed by atoms with E-state index in [1.165, 1.54) is 6.34 Å². The number of aliphatic imine (C=N–C) groups is 1. The maximum absolute atomic E-state index is 11.9. The highest BCUT2D eigenvalue weighted by Crippen LogP contribution is 2.29. The van der Waals surface area contributed by atoms with E-state index >= 15 is 0 Å². The second kappa shape index (κ2) is 6.01. The Kier molecular flexibility index (Phi) is 4.88. The molecule has 0 aromatic carbocycles. The van der Waals surface area contributed by atoms with Crippen molar-refractivity contribution in [1.29, 1.82) is 0 Å². The molecular weight excluding hydrogens is 252 g/mol. The number of ether oxygens (including phenoxy) is 1. The van der Waals surface area contributed by atoms with E-state index in [-0.39, 0.29) is 18.3 Å². The van der Waals surface area contributed by atoms with Gasteiger partial charge < -0.3 is 14.7 Å². The van der Waals surface area contributed by atoms with E-state index in [0.29, 0.717) is 0 Å². The first-order chi connectivity index (χ1) is 8.78. The third kappa shape index (κ3) is 3.66. The predicted molar refractivity (Wildman–Crippen MR) is 67.3 cm³/mol. The lowest BCUT2D eigenvalue weighted by Gasteiger charge is -2.34. The number of rotatable bonds is 6. The average molecular weight is 272 g/mol. The van der Waals surface area contributed by atoms with E-state index in [1.54, 1.807) is 13.8 Å². The topological polar surface area (TPSA) is 97.2 Å². The molecule has 0 radical (unpaired) electrons. The zero-order chi connectivity index (χ0) is 14.6. The first-order valence-electron chi connectivity index (χ1n) is 6.19. The van der Waals surface area contributed by atoms with Crippen LogP contribution in [0.4, 0.5) is 0 Å². The number of carbonyl (C=O) groups is 2. The summed E-state index contributed by atoms with van der Waals surface area (Å²) in [6, 6.07) is 0. The largest absolute Gasteiger partial charge is 0.479 e. The van der Waals surface area contributed by atoms with Gasteiger partial charge in [-0.1, -0.05) is 27.7 Å². The molecule has 0 aromatic rings. The van der Waals surface area contributed by atoms with Crippen LogP contribution in [0.1, 0.15) is 34.1 Å². The predicted octanol–water partition coefficient (Wildman–Crippen LogP) is 0.944. The van der Waals surface area contributed by atoms with E-state index in [4.69, 9.17) is 14.7 Å². The Hall–Kier alpha value is -1.63. The quantitative estimate of drug-likeness (QED) is 0.747. The summed E-state index contributed by atoms with van der Waals surface area (Å²) in [5.74, 6) is -2.06. The van der Waals surface area contributed by atoms with E-state index in [1.807, 2.05) is 13.8 Å². The molecule has 108 valence electrons. The zero-order valence-corrected chi connectivity index (χ0v) is 11.5. The lowest BCUT2D eigenvalue weighted by atomic mass is 9.99. The summed E-state index contributed by atoms with van der Waals surface area (Å²) in [5.41, 5.74) is 0.635. The first-order valence-corrected chi connectivity index (χ1v) is 6.19. The Bertz CT molecular complexity index is 380. The summed E-state index contributed by atoms with van der Waals surface area (Å²) >= 11 is 0. The number of carboxylic acids is 1. The molecule has 0 bridgehead atoms. The third-order valence-electron chi connectivity index (χ3n) is 2.65. The molecule has 7 heteroatoms. The Labute approximate surface area is 111 Å². The molecule has 0 fully saturated rings. The third-order valence-corrected chi connectivity index (χ3v) is 2.65. The number of nitrogens with zero attached hydrogens (tertiary/aromatic N) is 1. The van der Waals surface area contributed by atoms with Crippen molar-refractivity contribution in [2.45, 2.75) is 45.9 Å². The van der Waals surface area contributed by atoms with Gasteiger partial charge in [-0.05, 0) is 11.8 Å². The molecule has 1 rings (SSSR count). The van der Waals surface area contributed by atoms with Crippen molar-refractivity contribution in [2.75, 3.05) is 0 Å². The number of aliphatic carboxylic acids is 1. The second-order valence-electron chi connectivity index (χ2n) is 5.27. The number of carbonyl (C=O) groups excluding carboxylic acids is 1. The van der Waals surface area contributed by atoms with Gasteiger partial charge >= 0.3 is 11.9 Å². The molecule has 0 spiro atoms. The van der Waals surface area contributed by atoms with Gasteiger partial charge in [0, 0.05) is 6.42 Å². The number of hydroxylamine groups is 1. The highest BCUT2D eigenvalue weighted by atomic mass is 16.7. The van der Waals surface area contributed by atoms with Gasteiger partial charge in [-0.25, -0.2) is 20.1 Å². The molecule has 7 nitrogen and oxygen atoms in total. The van der Waals surface area contributed by atoms with Gasteiger partial charge in [-0.3, -0.25) is 0 Å². The minimum Gasteiger partial charge on any atom is -0.479 e. The Morgan fingerprint density at radius 1 is 1.53 bits per heavy atom. The monoisotopic (exact) mass is 272 g/mol. The lowest BCUT2D eigenvalue weighted by Crippen LogP contribution is -2.52. The number of hydrogen-bond acceptors (Lipinski definition) is 6. The van der Waals surface area contributed by atoms with Crippen LogP contribution < -0.4 is 5.48 Å². The minimum absolute atomic E-state index is 0.0874. The minimum atomic E-state index is -1.59. The average Bonchev–Trinajstić information content (AvgIpc) is 2.28. The summed E-state index contributed by atoms with van der Waals surface area (Å²) in [6.45, 7) is 7.19. The smallest absolute Gasteiger partial charge is 0.386 e. The van der Waals surface area contributed by atoms with Crippen LogP contribution in [-0.2, 0) is 19.2 Å². The van der Waals surface area contributed by atoms with Gasteiger partial charge in [0.1, 0.15) is 6.34 Å². The van der Waals surface area contributed by atoms with Crippen LogP contribution in [0.25, 0.3) is 0 Å². The van der Waals surface area contributed by atoms with Crippen LogP contribution in [0.2, 0.25) is 0 Å². The van der Waals surface area contributed by atoms with Crippen molar-refractivity contribution in [3.8, 4) is 0 Å². The lowest BCUT2D eigenvalue weighted by molar-refractivity contribution is -0.198. The van der Waals surface area contributed by atoms with E-state index in [0.717, 1.165) is 0 Å². The van der Waals surface area contributed by atoms with Crippen LogP contribution in [0.15, 0.2) is 4.99 Å². The van der Waals surface area contributed by atoms with Crippen molar-refractivity contribution < 1.29 is 24.3 Å². The van der Waals surface area contributed by atoms with Gasteiger partial charge in [0.15, 0.2) is 6.10 Å². The normalized spacial score (nSPS) is 24.2. The molecule has 2 atom stereocenters. The van der Waals surface area contributed by atoms with Gasteiger partial charge in [0.05, 0.1) is 0 Å². The van der Waals surface area contributed by atoms with Crippen LogP contribution in [0, 0.1) is 11.8 Å². The molecular formula is C12H20N2O5. The summed E-state index contributed by atoms with van der Waals surface area (Å²) in [5, 5.41) is 9.16. The Morgan fingerprint density at radius 3 is 2.58 bits per heavy atom. The van der Waals surface area contributed by atoms with Gasteiger partial charge in [-0.2, -0.15) is 0 Å². The fourth-order valence-electron chi connectivity index (χ4n) is 1.84. The molecule has 0 saturated heterocycles. The molecule has 2 N–H and O–H groups in total. The van der Waals surface area contributed by atoms with Crippen LogP contribution >= 0.6 is 0 Å². The Balaban J connectivity index is 3.03. The molecule has 19 heavy (non-hydrogen) atoms. The van der Waals surface area contributed by atoms with Crippen LogP contribution in [0.5, 0.6) is 0 Å². The molecule has 2 unspecified atom stereocenters. The fraction of sp³-hybridized carbons (Fsp3) is 0.750.